The zero-order chi connectivity index (χ0) is 12.4. The maximum atomic E-state index is 4.83. The van der Waals surface area contributed by atoms with E-state index in [1.165, 1.54) is 29.8 Å². The second-order valence-electron chi connectivity index (χ2n) is 5.15. The first-order valence-electron chi connectivity index (χ1n) is 6.96. The highest BCUT2D eigenvalue weighted by molar-refractivity contribution is 5.30. The molecule has 1 heterocycles. The van der Waals surface area contributed by atoms with E-state index in [2.05, 4.69) is 30.8 Å². The first-order chi connectivity index (χ1) is 8.21. The molecule has 1 saturated carbocycles. The quantitative estimate of drug-likeness (QED) is 0.821. The van der Waals surface area contributed by atoms with Crippen molar-refractivity contribution in [1.82, 2.24) is 15.1 Å². The second kappa shape index (κ2) is 5.21. The Labute approximate surface area is 105 Å². The molecule has 3 heteroatoms. The zero-order valence-corrected chi connectivity index (χ0v) is 11.6. The van der Waals surface area contributed by atoms with Crippen LogP contribution in [0, 0.1) is 5.92 Å². The highest BCUT2D eigenvalue weighted by Gasteiger charge is 2.26. The molecule has 0 spiro atoms. The van der Waals surface area contributed by atoms with E-state index in [0.717, 1.165) is 25.3 Å². The van der Waals surface area contributed by atoms with Crippen molar-refractivity contribution in [2.75, 3.05) is 7.05 Å². The summed E-state index contributed by atoms with van der Waals surface area (Å²) in [6, 6.07) is 0.410. The molecule has 1 aliphatic carbocycles. The molecule has 0 aliphatic heterocycles. The van der Waals surface area contributed by atoms with Gasteiger partial charge in [-0.2, -0.15) is 5.10 Å². The normalized spacial score (nSPS) is 17.4. The van der Waals surface area contributed by atoms with Gasteiger partial charge in [-0.3, -0.25) is 4.68 Å². The van der Waals surface area contributed by atoms with Gasteiger partial charge in [0, 0.05) is 23.8 Å². The zero-order valence-electron chi connectivity index (χ0n) is 11.6. The van der Waals surface area contributed by atoms with Crippen LogP contribution in [0.5, 0.6) is 0 Å². The minimum absolute atomic E-state index is 0.410. The number of hydrogen-bond donors (Lipinski definition) is 1. The van der Waals surface area contributed by atoms with Crippen LogP contribution in [0.2, 0.25) is 0 Å². The molecule has 1 aromatic rings. The van der Waals surface area contributed by atoms with Crippen molar-refractivity contribution in [3.8, 4) is 0 Å². The molecule has 17 heavy (non-hydrogen) atoms. The van der Waals surface area contributed by atoms with Gasteiger partial charge >= 0.3 is 0 Å². The van der Waals surface area contributed by atoms with Gasteiger partial charge in [-0.05, 0) is 45.6 Å². The lowest BCUT2D eigenvalue weighted by molar-refractivity contribution is 0.534. The molecule has 1 aliphatic rings. The van der Waals surface area contributed by atoms with Gasteiger partial charge in [-0.15, -0.1) is 0 Å². The van der Waals surface area contributed by atoms with Crippen LogP contribution in [-0.4, -0.2) is 16.8 Å². The Hall–Kier alpha value is -0.830. The Morgan fingerprint density at radius 2 is 2.06 bits per heavy atom. The van der Waals surface area contributed by atoms with Crippen LogP contribution < -0.4 is 5.32 Å². The van der Waals surface area contributed by atoms with Crippen molar-refractivity contribution in [2.45, 2.75) is 59.0 Å². The second-order valence-corrected chi connectivity index (χ2v) is 5.15. The van der Waals surface area contributed by atoms with E-state index in [9.17, 15) is 0 Å². The van der Waals surface area contributed by atoms with Crippen LogP contribution in [0.4, 0.5) is 0 Å². The van der Waals surface area contributed by atoms with E-state index >= 15 is 0 Å². The number of nitrogens with zero attached hydrogens (tertiary/aromatic N) is 2. The van der Waals surface area contributed by atoms with E-state index in [-0.39, 0.29) is 0 Å². The van der Waals surface area contributed by atoms with Gasteiger partial charge in [0.25, 0.3) is 0 Å². The molecule has 1 aromatic heterocycles. The first kappa shape index (κ1) is 12.6. The average molecular weight is 235 g/mol. The van der Waals surface area contributed by atoms with Crippen molar-refractivity contribution in [3.05, 3.63) is 17.0 Å². The monoisotopic (exact) mass is 235 g/mol. The van der Waals surface area contributed by atoms with Gasteiger partial charge < -0.3 is 5.32 Å². The molecule has 0 radical (unpaired) electrons. The number of rotatable bonds is 6. The summed E-state index contributed by atoms with van der Waals surface area (Å²) in [5.74, 6) is 0.891. The summed E-state index contributed by atoms with van der Waals surface area (Å²) < 4.78 is 2.28. The van der Waals surface area contributed by atoms with Gasteiger partial charge in [0.15, 0.2) is 0 Å². The van der Waals surface area contributed by atoms with Gasteiger partial charge in [0.1, 0.15) is 0 Å². The molecule has 0 bridgehead atoms. The number of nitrogens with one attached hydrogen (secondary N) is 1. The first-order valence-corrected chi connectivity index (χ1v) is 6.96. The van der Waals surface area contributed by atoms with Crippen LogP contribution in [0.25, 0.3) is 0 Å². The number of hydrogen-bond acceptors (Lipinski definition) is 2. The van der Waals surface area contributed by atoms with E-state index in [0.29, 0.717) is 6.04 Å². The van der Waals surface area contributed by atoms with Crippen LogP contribution in [0.1, 0.15) is 56.6 Å². The Kier molecular flexibility index (Phi) is 3.87. The molecule has 1 atom stereocenters. The Morgan fingerprint density at radius 1 is 1.35 bits per heavy atom. The third kappa shape index (κ3) is 2.54. The topological polar surface area (TPSA) is 29.9 Å². The summed E-state index contributed by atoms with van der Waals surface area (Å²) in [7, 11) is 2.03. The summed E-state index contributed by atoms with van der Waals surface area (Å²) in [4.78, 5) is 0. The van der Waals surface area contributed by atoms with Crippen molar-refractivity contribution < 1.29 is 0 Å². The Bertz CT molecular complexity index is 377. The molecule has 0 aromatic carbocycles. The van der Waals surface area contributed by atoms with Crippen LogP contribution >= 0.6 is 0 Å². The molecule has 0 amide bonds. The van der Waals surface area contributed by atoms with Gasteiger partial charge in [-0.25, -0.2) is 0 Å². The largest absolute Gasteiger partial charge is 0.313 e. The van der Waals surface area contributed by atoms with Crippen LogP contribution in [0.15, 0.2) is 0 Å². The predicted octanol–water partition coefficient (Wildman–Crippen LogP) is 2.70. The minimum atomic E-state index is 0.410. The fourth-order valence-electron chi connectivity index (χ4n) is 2.54. The lowest BCUT2D eigenvalue weighted by Crippen LogP contribution is -2.16. The van der Waals surface area contributed by atoms with Crippen molar-refractivity contribution in [3.63, 3.8) is 0 Å². The minimum Gasteiger partial charge on any atom is -0.313 e. The smallest absolute Gasteiger partial charge is 0.0672 e. The van der Waals surface area contributed by atoms with Crippen LogP contribution in [-0.2, 0) is 19.4 Å². The van der Waals surface area contributed by atoms with E-state index in [4.69, 9.17) is 5.10 Å². The molecule has 1 unspecified atom stereocenters. The third-order valence-corrected chi connectivity index (χ3v) is 3.84. The molecule has 1 fully saturated rings. The third-order valence-electron chi connectivity index (χ3n) is 3.84. The van der Waals surface area contributed by atoms with Crippen molar-refractivity contribution >= 4 is 0 Å². The molecule has 3 nitrogen and oxygen atoms in total. The predicted molar refractivity (Wildman–Crippen MR) is 71.2 cm³/mol. The van der Waals surface area contributed by atoms with Gasteiger partial charge in [-0.1, -0.05) is 13.8 Å². The SMILES string of the molecule is CCc1nn(CC2CC2)c(CC)c1C(C)NC. The summed E-state index contributed by atoms with van der Waals surface area (Å²) in [6.45, 7) is 7.81. The average Bonchev–Trinajstić information content (AvgIpc) is 3.08. The van der Waals surface area contributed by atoms with Crippen molar-refractivity contribution in [2.24, 2.45) is 5.92 Å². The standard InChI is InChI=1S/C14H25N3/c1-5-12-14(10(3)15-4)13(6-2)17(16-12)9-11-7-8-11/h10-11,15H,5-9H2,1-4H3. The Morgan fingerprint density at radius 3 is 2.53 bits per heavy atom. The lowest BCUT2D eigenvalue weighted by atomic mass is 10.0. The summed E-state index contributed by atoms with van der Waals surface area (Å²) in [6.07, 6.45) is 4.90. The highest BCUT2D eigenvalue weighted by atomic mass is 15.3. The van der Waals surface area contributed by atoms with E-state index in [1.807, 2.05) is 7.05 Å². The van der Waals surface area contributed by atoms with E-state index < -0.39 is 0 Å². The maximum absolute atomic E-state index is 4.83. The Balaban J connectivity index is 2.34. The molecule has 0 saturated heterocycles. The van der Waals surface area contributed by atoms with Gasteiger partial charge in [0.2, 0.25) is 0 Å². The molecular weight excluding hydrogens is 210 g/mol. The molecular formula is C14H25N3. The van der Waals surface area contributed by atoms with Crippen LogP contribution in [0.3, 0.4) is 0 Å². The summed E-state index contributed by atoms with van der Waals surface area (Å²) >= 11 is 0. The van der Waals surface area contributed by atoms with E-state index in [1.54, 1.807) is 0 Å². The van der Waals surface area contributed by atoms with Crippen molar-refractivity contribution in [1.29, 1.82) is 0 Å². The number of aryl methyl sites for hydroxylation is 1. The molecule has 2 rings (SSSR count). The molecule has 1 N–H and O–H groups in total. The summed E-state index contributed by atoms with van der Waals surface area (Å²) in [5.41, 5.74) is 4.16. The summed E-state index contributed by atoms with van der Waals surface area (Å²) in [5, 5.41) is 8.18. The maximum Gasteiger partial charge on any atom is 0.0672 e. The lowest BCUT2D eigenvalue weighted by Gasteiger charge is -2.13. The number of aromatic nitrogens is 2. The fraction of sp³-hybridized carbons (Fsp3) is 0.786. The van der Waals surface area contributed by atoms with Gasteiger partial charge in [0.05, 0.1) is 5.69 Å². The highest BCUT2D eigenvalue weighted by Crippen LogP contribution is 2.32. The fourth-order valence-corrected chi connectivity index (χ4v) is 2.54. The molecule has 96 valence electrons.